The van der Waals surface area contributed by atoms with Crippen molar-refractivity contribution in [1.82, 2.24) is 15.5 Å². The first-order valence-electron chi connectivity index (χ1n) is 3.83. The molecule has 0 aliphatic carbocycles. The van der Waals surface area contributed by atoms with Gasteiger partial charge in [-0.2, -0.15) is 0 Å². The van der Waals surface area contributed by atoms with Crippen molar-refractivity contribution >= 4 is 18.0 Å². The molecule has 2 atom stereocenters. The fraction of sp³-hybridized carbons (Fsp3) is 0.500. The van der Waals surface area contributed by atoms with Gasteiger partial charge < -0.3 is 22.1 Å². The number of amides is 5. The Hall–Kier alpha value is -1.83. The van der Waals surface area contributed by atoms with Crippen LogP contribution in [0.25, 0.3) is 0 Å². The van der Waals surface area contributed by atoms with E-state index in [1.54, 1.807) is 0 Å². The molecule has 0 saturated carbocycles. The summed E-state index contributed by atoms with van der Waals surface area (Å²) >= 11 is 0. The second-order valence-electron chi connectivity index (χ2n) is 2.86. The lowest BCUT2D eigenvalue weighted by molar-refractivity contribution is -0.130. The number of hydrogen-bond donors (Lipinski definition) is 4. The molecular weight excluding hydrogens is 190 g/mol. The average molecular weight is 201 g/mol. The number of urea groups is 2. The van der Waals surface area contributed by atoms with Gasteiger partial charge in [0.15, 0.2) is 0 Å². The molecule has 0 aromatic heterocycles. The first-order chi connectivity index (χ1) is 6.43. The lowest BCUT2D eigenvalue weighted by Crippen LogP contribution is -2.70. The number of rotatable bonds is 1. The summed E-state index contributed by atoms with van der Waals surface area (Å²) in [6.45, 7) is 0. The van der Waals surface area contributed by atoms with Crippen molar-refractivity contribution in [2.45, 2.75) is 12.2 Å². The molecule has 1 rings (SSSR count). The molecule has 1 fully saturated rings. The van der Waals surface area contributed by atoms with Crippen molar-refractivity contribution < 1.29 is 14.4 Å². The summed E-state index contributed by atoms with van der Waals surface area (Å²) in [5, 5.41) is 4.45. The monoisotopic (exact) mass is 201 g/mol. The predicted molar refractivity (Wildman–Crippen MR) is 45.8 cm³/mol. The lowest BCUT2D eigenvalue weighted by Gasteiger charge is -2.33. The van der Waals surface area contributed by atoms with Crippen molar-refractivity contribution in [3.05, 3.63) is 0 Å². The second kappa shape index (κ2) is 3.50. The highest BCUT2D eigenvalue weighted by molar-refractivity contribution is 6.00. The van der Waals surface area contributed by atoms with Crippen LogP contribution < -0.4 is 22.1 Å². The highest BCUT2D eigenvalue weighted by atomic mass is 16.2. The molecule has 0 spiro atoms. The molecule has 8 nitrogen and oxygen atoms in total. The van der Waals surface area contributed by atoms with E-state index in [0.717, 1.165) is 4.90 Å². The molecule has 6 N–H and O–H groups in total. The third-order valence-corrected chi connectivity index (χ3v) is 1.86. The number of nitrogens with zero attached hydrogens (tertiary/aromatic N) is 1. The Morgan fingerprint density at radius 1 is 1.57 bits per heavy atom. The Morgan fingerprint density at radius 2 is 2.14 bits per heavy atom. The smallest absolute Gasteiger partial charge is 0.325 e. The number of nitrogens with two attached hydrogens (primary N) is 2. The number of likely N-dealkylation sites (N-methyl/N-ethyl adjacent to an activating group) is 1. The van der Waals surface area contributed by atoms with Crippen LogP contribution in [-0.2, 0) is 4.79 Å². The average Bonchev–Trinajstić information content (AvgIpc) is 2.10. The van der Waals surface area contributed by atoms with Gasteiger partial charge in [0, 0.05) is 7.05 Å². The Labute approximate surface area is 79.6 Å². The molecule has 1 saturated heterocycles. The van der Waals surface area contributed by atoms with Crippen LogP contribution in [0.15, 0.2) is 0 Å². The molecule has 1 aliphatic rings. The van der Waals surface area contributed by atoms with Crippen LogP contribution in [0, 0.1) is 0 Å². The summed E-state index contributed by atoms with van der Waals surface area (Å²) in [5.74, 6) is -0.576. The topological polar surface area (TPSA) is 131 Å². The number of hydrogen-bond acceptors (Lipinski definition) is 4. The highest BCUT2D eigenvalue weighted by Crippen LogP contribution is 2.02. The van der Waals surface area contributed by atoms with E-state index in [1.807, 2.05) is 0 Å². The minimum atomic E-state index is -1.02. The summed E-state index contributed by atoms with van der Waals surface area (Å²) in [7, 11) is 1.29. The number of nitrogens with one attached hydrogen (secondary N) is 2. The van der Waals surface area contributed by atoms with Gasteiger partial charge in [-0.05, 0) is 0 Å². The summed E-state index contributed by atoms with van der Waals surface area (Å²) in [6, 6.07) is -2.51. The molecule has 1 aliphatic heterocycles. The van der Waals surface area contributed by atoms with Gasteiger partial charge in [0.25, 0.3) is 5.91 Å². The molecule has 8 heteroatoms. The Balaban J connectivity index is 2.75. The highest BCUT2D eigenvalue weighted by Gasteiger charge is 2.37. The predicted octanol–water partition coefficient (Wildman–Crippen LogP) is -2.51. The number of carbonyl (C=O) groups excluding carboxylic acids is 3. The third-order valence-electron chi connectivity index (χ3n) is 1.86. The van der Waals surface area contributed by atoms with E-state index >= 15 is 0 Å². The number of primary amides is 1. The summed E-state index contributed by atoms with van der Waals surface area (Å²) in [6.07, 6.45) is -0.955. The maximum Gasteiger partial charge on any atom is 0.325 e. The van der Waals surface area contributed by atoms with Gasteiger partial charge in [0.1, 0.15) is 12.2 Å². The van der Waals surface area contributed by atoms with Crippen LogP contribution >= 0.6 is 0 Å². The molecule has 0 unspecified atom stereocenters. The summed E-state index contributed by atoms with van der Waals surface area (Å²) in [4.78, 5) is 33.7. The van der Waals surface area contributed by atoms with E-state index in [-0.39, 0.29) is 0 Å². The van der Waals surface area contributed by atoms with Crippen LogP contribution in [-0.4, -0.2) is 42.1 Å². The zero-order valence-corrected chi connectivity index (χ0v) is 7.48. The molecule has 0 aromatic rings. The van der Waals surface area contributed by atoms with Gasteiger partial charge in [-0.3, -0.25) is 9.69 Å². The maximum atomic E-state index is 11.3. The van der Waals surface area contributed by atoms with Gasteiger partial charge in [0.2, 0.25) is 0 Å². The normalized spacial score (nSPS) is 27.1. The van der Waals surface area contributed by atoms with Gasteiger partial charge >= 0.3 is 12.1 Å². The van der Waals surface area contributed by atoms with Crippen LogP contribution in [0.4, 0.5) is 9.59 Å². The number of carbonyl (C=O) groups is 3. The zero-order valence-electron chi connectivity index (χ0n) is 7.48. The number of imide groups is 1. The standard InChI is InChI=1S/C6H11N5O3/c1-11-4(12)2(7)3(9-5(8)13)10-6(11)14/h2-3H,7H2,1H3,(H,10,14)(H3,8,9,13)/t2-,3+/m0/s1. The van der Waals surface area contributed by atoms with E-state index in [9.17, 15) is 14.4 Å². The summed E-state index contributed by atoms with van der Waals surface area (Å²) < 4.78 is 0. The second-order valence-corrected chi connectivity index (χ2v) is 2.86. The molecule has 0 aromatic carbocycles. The molecule has 5 amide bonds. The summed E-state index contributed by atoms with van der Waals surface area (Å²) in [5.41, 5.74) is 10.3. The molecule has 0 radical (unpaired) electrons. The fourth-order valence-electron chi connectivity index (χ4n) is 1.07. The Bertz CT molecular complexity index is 291. The van der Waals surface area contributed by atoms with E-state index in [0.29, 0.717) is 0 Å². The van der Waals surface area contributed by atoms with Crippen molar-refractivity contribution in [2.24, 2.45) is 11.5 Å². The zero-order chi connectivity index (χ0) is 10.9. The molecule has 1 heterocycles. The van der Waals surface area contributed by atoms with Crippen molar-refractivity contribution in [3.8, 4) is 0 Å². The van der Waals surface area contributed by atoms with Crippen LogP contribution in [0.2, 0.25) is 0 Å². The molecule has 78 valence electrons. The first-order valence-corrected chi connectivity index (χ1v) is 3.83. The minimum absolute atomic E-state index is 0.576. The third kappa shape index (κ3) is 1.74. The quantitative estimate of drug-likeness (QED) is 0.373. The molecule has 0 bridgehead atoms. The largest absolute Gasteiger partial charge is 0.352 e. The first kappa shape index (κ1) is 10.3. The lowest BCUT2D eigenvalue weighted by atomic mass is 10.2. The Morgan fingerprint density at radius 3 is 2.64 bits per heavy atom. The maximum absolute atomic E-state index is 11.3. The van der Waals surface area contributed by atoms with Gasteiger partial charge in [0.05, 0.1) is 0 Å². The van der Waals surface area contributed by atoms with Crippen LogP contribution in [0.5, 0.6) is 0 Å². The van der Waals surface area contributed by atoms with Gasteiger partial charge in [-0.25, -0.2) is 9.59 Å². The van der Waals surface area contributed by atoms with E-state index in [4.69, 9.17) is 11.5 Å². The van der Waals surface area contributed by atoms with Crippen LogP contribution in [0.3, 0.4) is 0 Å². The van der Waals surface area contributed by atoms with Crippen LogP contribution in [0.1, 0.15) is 0 Å². The van der Waals surface area contributed by atoms with E-state index in [1.165, 1.54) is 7.05 Å². The van der Waals surface area contributed by atoms with E-state index < -0.39 is 30.2 Å². The SMILES string of the molecule is CN1C(=O)N[C@@H](NC(N)=O)[C@H](N)C1=O. The molecule has 14 heavy (non-hydrogen) atoms. The van der Waals surface area contributed by atoms with Gasteiger partial charge in [-0.15, -0.1) is 0 Å². The van der Waals surface area contributed by atoms with Crippen molar-refractivity contribution in [3.63, 3.8) is 0 Å². The minimum Gasteiger partial charge on any atom is -0.352 e. The van der Waals surface area contributed by atoms with Crippen molar-refractivity contribution in [1.29, 1.82) is 0 Å². The van der Waals surface area contributed by atoms with Gasteiger partial charge in [-0.1, -0.05) is 0 Å². The van der Waals surface area contributed by atoms with E-state index in [2.05, 4.69) is 10.6 Å². The van der Waals surface area contributed by atoms with Crippen molar-refractivity contribution in [2.75, 3.05) is 7.05 Å². The fourth-order valence-corrected chi connectivity index (χ4v) is 1.07. The molecular formula is C6H11N5O3. The Kier molecular flexibility index (Phi) is 2.56.